The number of hydrogen-bond donors (Lipinski definition) is 2. The van der Waals surface area contributed by atoms with Crippen LogP contribution in [0.4, 0.5) is 0 Å². The maximum atomic E-state index is 12.7. The fourth-order valence-corrected chi connectivity index (χ4v) is 6.30. The van der Waals surface area contributed by atoms with Gasteiger partial charge in [-0.05, 0) is 70.6 Å². The van der Waals surface area contributed by atoms with Crippen molar-refractivity contribution in [1.82, 2.24) is 0 Å². The number of rotatable bonds is 39. The summed E-state index contributed by atoms with van der Waals surface area (Å²) in [5.74, 6) is -0.917. The van der Waals surface area contributed by atoms with Gasteiger partial charge < -0.3 is 24.0 Å². The number of nitrogens with zero attached hydrogens (tertiary/aromatic N) is 1. The number of aliphatic hydroxyl groups is 1. The van der Waals surface area contributed by atoms with Crippen molar-refractivity contribution in [1.29, 1.82) is 0 Å². The van der Waals surface area contributed by atoms with Crippen molar-refractivity contribution in [2.75, 3.05) is 47.5 Å². The molecule has 0 spiro atoms. The molecule has 2 N–H and O–H groups in total. The van der Waals surface area contributed by atoms with Crippen molar-refractivity contribution in [3.8, 4) is 0 Å². The lowest BCUT2D eigenvalue weighted by molar-refractivity contribution is -0.870. The smallest absolute Gasteiger partial charge is 0.462 e. The van der Waals surface area contributed by atoms with Crippen LogP contribution in [0, 0.1) is 0 Å². The molecule has 0 aliphatic heterocycles. The van der Waals surface area contributed by atoms with E-state index >= 15 is 0 Å². The van der Waals surface area contributed by atoms with E-state index < -0.39 is 38.6 Å². The number of carbonyl (C=O) groups excluding carboxylic acids is 2. The van der Waals surface area contributed by atoms with E-state index in [0.29, 0.717) is 36.7 Å². The molecule has 57 heavy (non-hydrogen) atoms. The average Bonchev–Trinajstić information content (AvgIpc) is 3.15. The molecule has 0 heterocycles. The summed E-state index contributed by atoms with van der Waals surface area (Å²) in [4.78, 5) is 35.3. The number of allylic oxidation sites excluding steroid dienone is 8. The Kier molecular flexibility index (Phi) is 36.4. The Hall–Kier alpha value is -2.33. The molecule has 0 rings (SSSR count). The molecule has 0 bridgehead atoms. The lowest BCUT2D eigenvalue weighted by Crippen LogP contribution is -2.37. The molecule has 1 unspecified atom stereocenters. The normalized spacial score (nSPS) is 14.7. The molecular weight excluding hydrogens is 741 g/mol. The molecule has 330 valence electrons. The highest BCUT2D eigenvalue weighted by molar-refractivity contribution is 7.47. The molecule has 0 aliphatic carbocycles. The zero-order valence-electron chi connectivity index (χ0n) is 36.7. The third-order valence-electron chi connectivity index (χ3n) is 9.10. The number of ether oxygens (including phenoxy) is 2. The lowest BCUT2D eigenvalue weighted by Gasteiger charge is -2.24. The second kappa shape index (κ2) is 37.9. The number of unbranched alkanes of at least 4 members (excludes halogenated alkanes) is 15. The van der Waals surface area contributed by atoms with Gasteiger partial charge >= 0.3 is 19.8 Å². The molecule has 0 aliphatic rings. The van der Waals surface area contributed by atoms with E-state index in [9.17, 15) is 24.2 Å². The van der Waals surface area contributed by atoms with Crippen LogP contribution in [0.2, 0.25) is 0 Å². The quantitative estimate of drug-likeness (QED) is 0.0155. The predicted octanol–water partition coefficient (Wildman–Crippen LogP) is 11.4. The molecule has 10 nitrogen and oxygen atoms in total. The Morgan fingerprint density at radius 1 is 0.632 bits per heavy atom. The number of aliphatic hydroxyl groups excluding tert-OH is 1. The molecule has 0 saturated heterocycles. The van der Waals surface area contributed by atoms with Gasteiger partial charge in [-0.15, -0.1) is 0 Å². The Bertz CT molecular complexity index is 1170. The SMILES string of the molecule is CCCCC/C=C\C[C@@H](O)/C=C/C=C\C/C=C\CCCC(=O)OC[C@H](COP(=O)(O)OCC[N+](C)(C)C)OC(=O)CCCCCCC/C=C\CCCCCCCC. The number of carbonyl (C=O) groups is 2. The molecule has 0 saturated carbocycles. The van der Waals surface area contributed by atoms with Gasteiger partial charge in [0.05, 0.1) is 33.9 Å². The van der Waals surface area contributed by atoms with E-state index in [1.165, 1.54) is 64.2 Å². The number of esters is 2. The molecule has 0 aromatic rings. The number of phosphoric ester groups is 1. The molecule has 3 atom stereocenters. The number of likely N-dealkylation sites (N-methyl/N-ethyl adjacent to an activating group) is 1. The molecule has 0 amide bonds. The number of quaternary nitrogens is 1. The summed E-state index contributed by atoms with van der Waals surface area (Å²) in [5, 5.41) is 10.0. The van der Waals surface area contributed by atoms with Crippen LogP contribution in [0.25, 0.3) is 0 Å². The lowest BCUT2D eigenvalue weighted by atomic mass is 10.1. The minimum Gasteiger partial charge on any atom is -0.462 e. The Morgan fingerprint density at radius 2 is 1.18 bits per heavy atom. The van der Waals surface area contributed by atoms with Crippen molar-refractivity contribution >= 4 is 19.8 Å². The van der Waals surface area contributed by atoms with Crippen LogP contribution in [0.1, 0.15) is 162 Å². The van der Waals surface area contributed by atoms with E-state index in [2.05, 4.69) is 32.1 Å². The highest BCUT2D eigenvalue weighted by Gasteiger charge is 2.27. The van der Waals surface area contributed by atoms with Crippen molar-refractivity contribution in [2.24, 2.45) is 0 Å². The van der Waals surface area contributed by atoms with Gasteiger partial charge in [0.2, 0.25) is 0 Å². The van der Waals surface area contributed by atoms with Crippen LogP contribution in [-0.2, 0) is 32.7 Å². The van der Waals surface area contributed by atoms with Crippen LogP contribution in [0.3, 0.4) is 0 Å². The molecule has 0 radical (unpaired) electrons. The summed E-state index contributed by atoms with van der Waals surface area (Å²) in [6.45, 7) is 4.21. The van der Waals surface area contributed by atoms with E-state index in [4.69, 9.17) is 18.5 Å². The second-order valence-corrected chi connectivity index (χ2v) is 17.4. The zero-order chi connectivity index (χ0) is 42.3. The summed E-state index contributed by atoms with van der Waals surface area (Å²) in [7, 11) is 1.40. The molecular formula is C46H83NO9P+. The summed E-state index contributed by atoms with van der Waals surface area (Å²) in [6.07, 6.45) is 41.6. The molecule has 0 aromatic heterocycles. The van der Waals surface area contributed by atoms with Crippen LogP contribution < -0.4 is 0 Å². The van der Waals surface area contributed by atoms with Crippen LogP contribution in [0.15, 0.2) is 60.8 Å². The summed E-state index contributed by atoms with van der Waals surface area (Å²) >= 11 is 0. The van der Waals surface area contributed by atoms with Gasteiger partial charge in [0.25, 0.3) is 0 Å². The van der Waals surface area contributed by atoms with Gasteiger partial charge in [0, 0.05) is 12.8 Å². The largest absolute Gasteiger partial charge is 0.472 e. The molecule has 0 aromatic carbocycles. The predicted molar refractivity (Wildman–Crippen MR) is 235 cm³/mol. The first-order valence-corrected chi connectivity index (χ1v) is 23.6. The van der Waals surface area contributed by atoms with Crippen molar-refractivity contribution in [3.05, 3.63) is 60.8 Å². The first-order valence-electron chi connectivity index (χ1n) is 22.1. The van der Waals surface area contributed by atoms with Crippen LogP contribution in [0.5, 0.6) is 0 Å². The molecule has 11 heteroatoms. The molecule has 0 fully saturated rings. The van der Waals surface area contributed by atoms with Gasteiger partial charge in [-0.2, -0.15) is 0 Å². The maximum Gasteiger partial charge on any atom is 0.472 e. The number of hydrogen-bond acceptors (Lipinski definition) is 8. The minimum absolute atomic E-state index is 0.00940. The number of phosphoric acid groups is 1. The van der Waals surface area contributed by atoms with Gasteiger partial charge in [-0.3, -0.25) is 18.6 Å². The maximum absolute atomic E-state index is 12.7. The first kappa shape index (κ1) is 54.7. The van der Waals surface area contributed by atoms with E-state index in [1.54, 1.807) is 6.08 Å². The van der Waals surface area contributed by atoms with Crippen LogP contribution in [-0.4, -0.2) is 86.1 Å². The van der Waals surface area contributed by atoms with E-state index in [1.807, 2.05) is 57.6 Å². The Morgan fingerprint density at radius 3 is 1.84 bits per heavy atom. The first-order chi connectivity index (χ1) is 27.4. The van der Waals surface area contributed by atoms with Gasteiger partial charge in [-0.25, -0.2) is 4.57 Å². The fraction of sp³-hybridized carbons (Fsp3) is 0.739. The standard InChI is InChI=1S/C46H82NO9P/c1-6-8-10-12-14-15-16-17-18-19-20-21-26-30-34-38-46(50)56-44(42-55-57(51,52)54-40-39-47(3,4)5)41-53-45(49)37-33-29-25-23-22-24-28-32-36-43(48)35-31-27-13-11-9-7-2/h17-18,23-25,27-28,31-32,36,43-44,48H,6-16,19-22,26,29-30,33-35,37-42H2,1-5H3/p+1/b18-17-,25-23-,28-24-,31-27-,36-32+/t43-,44-/m1/s1. The third kappa shape index (κ3) is 41.6. The van der Waals surface area contributed by atoms with Gasteiger partial charge in [0.1, 0.15) is 19.8 Å². The zero-order valence-corrected chi connectivity index (χ0v) is 37.6. The van der Waals surface area contributed by atoms with Crippen molar-refractivity contribution < 1.29 is 47.2 Å². The Labute approximate surface area is 348 Å². The van der Waals surface area contributed by atoms with Gasteiger partial charge in [-0.1, -0.05) is 139 Å². The summed E-state index contributed by atoms with van der Waals surface area (Å²) in [5.41, 5.74) is 0. The monoisotopic (exact) mass is 825 g/mol. The Balaban J connectivity index is 4.54. The summed E-state index contributed by atoms with van der Waals surface area (Å²) in [6, 6.07) is 0. The topological polar surface area (TPSA) is 129 Å². The third-order valence-corrected chi connectivity index (χ3v) is 10.1. The van der Waals surface area contributed by atoms with Gasteiger partial charge in [0.15, 0.2) is 6.10 Å². The van der Waals surface area contributed by atoms with Crippen molar-refractivity contribution in [2.45, 2.75) is 174 Å². The minimum atomic E-state index is -4.40. The average molecular weight is 825 g/mol. The highest BCUT2D eigenvalue weighted by Crippen LogP contribution is 2.43. The van der Waals surface area contributed by atoms with Crippen molar-refractivity contribution in [3.63, 3.8) is 0 Å². The fourth-order valence-electron chi connectivity index (χ4n) is 5.55. The summed E-state index contributed by atoms with van der Waals surface area (Å²) < 4.78 is 34.2. The van der Waals surface area contributed by atoms with E-state index in [-0.39, 0.29) is 26.1 Å². The van der Waals surface area contributed by atoms with Crippen LogP contribution >= 0.6 is 7.82 Å². The highest BCUT2D eigenvalue weighted by atomic mass is 31.2. The second-order valence-electron chi connectivity index (χ2n) is 15.9. The van der Waals surface area contributed by atoms with E-state index in [0.717, 1.165) is 44.9 Å².